The van der Waals surface area contributed by atoms with Crippen LogP contribution in [0.2, 0.25) is 0 Å². The Labute approximate surface area is 156 Å². The fraction of sp³-hybridized carbons (Fsp3) is 0.409. The van der Waals surface area contributed by atoms with Crippen molar-refractivity contribution in [2.75, 3.05) is 0 Å². The number of halogens is 1. The molecule has 0 radical (unpaired) electrons. The number of aromatic nitrogens is 2. The summed E-state index contributed by atoms with van der Waals surface area (Å²) >= 11 is 0. The lowest BCUT2D eigenvalue weighted by Crippen LogP contribution is -2.15. The highest BCUT2D eigenvalue weighted by Gasteiger charge is 2.20. The molecule has 1 saturated carbocycles. The van der Waals surface area contributed by atoms with Gasteiger partial charge in [-0.2, -0.15) is 0 Å². The highest BCUT2D eigenvalue weighted by molar-refractivity contribution is 5.95. The van der Waals surface area contributed by atoms with E-state index >= 15 is 0 Å². The van der Waals surface area contributed by atoms with E-state index in [2.05, 4.69) is 54.8 Å². The fourth-order valence-corrected chi connectivity index (χ4v) is 4.26. The van der Waals surface area contributed by atoms with Gasteiger partial charge in [0.1, 0.15) is 0 Å². The van der Waals surface area contributed by atoms with Gasteiger partial charge in [-0.15, -0.1) is 12.4 Å². The van der Waals surface area contributed by atoms with E-state index in [-0.39, 0.29) is 12.4 Å². The second-order valence-corrected chi connectivity index (χ2v) is 7.25. The van der Waals surface area contributed by atoms with E-state index in [4.69, 9.17) is 4.98 Å². The second-order valence-electron chi connectivity index (χ2n) is 7.25. The molecule has 1 aliphatic carbocycles. The molecular weight excluding hydrogens is 328 g/mol. The number of nitrogens with zero attached hydrogens (tertiary/aromatic N) is 2. The highest BCUT2D eigenvalue weighted by atomic mass is 35.5. The lowest BCUT2D eigenvalue weighted by molar-refractivity contribution is 0.321. The second kappa shape index (κ2) is 7.61. The normalized spacial score (nSPS) is 15.3. The molecule has 0 spiro atoms. The Morgan fingerprint density at radius 2 is 1.72 bits per heavy atom. The topological polar surface area (TPSA) is 17.8 Å². The minimum Gasteiger partial charge on any atom is -0.343 e. The minimum absolute atomic E-state index is 0. The van der Waals surface area contributed by atoms with E-state index < -0.39 is 0 Å². The largest absolute Gasteiger partial charge is 0.343 e. The molecule has 0 amide bonds. The molecule has 2 heterocycles. The van der Waals surface area contributed by atoms with Crippen molar-refractivity contribution >= 4 is 23.3 Å². The van der Waals surface area contributed by atoms with Crippen LogP contribution in [0.4, 0.5) is 0 Å². The maximum absolute atomic E-state index is 4.76. The third-order valence-electron chi connectivity index (χ3n) is 5.76. The van der Waals surface area contributed by atoms with Gasteiger partial charge < -0.3 is 4.57 Å². The Morgan fingerprint density at radius 3 is 2.44 bits per heavy atom. The Kier molecular flexibility index (Phi) is 5.48. The zero-order valence-corrected chi connectivity index (χ0v) is 16.0. The van der Waals surface area contributed by atoms with Crippen LogP contribution in [-0.2, 0) is 6.54 Å². The molecule has 3 aromatic rings. The third kappa shape index (κ3) is 3.32. The molecular formula is C22H27ClN2. The van der Waals surface area contributed by atoms with E-state index in [1.165, 1.54) is 59.8 Å². The number of aryl methyl sites for hydroxylation is 1. The number of hydrogen-bond donors (Lipinski definition) is 0. The van der Waals surface area contributed by atoms with Crippen LogP contribution in [0.5, 0.6) is 0 Å². The average Bonchev–Trinajstić information content (AvgIpc) is 2.88. The van der Waals surface area contributed by atoms with Crippen LogP contribution in [-0.4, -0.2) is 9.55 Å². The Morgan fingerprint density at radius 1 is 1.00 bits per heavy atom. The van der Waals surface area contributed by atoms with Crippen LogP contribution < -0.4 is 0 Å². The first kappa shape index (κ1) is 18.0. The molecule has 0 aliphatic heterocycles. The summed E-state index contributed by atoms with van der Waals surface area (Å²) in [7, 11) is 0. The highest BCUT2D eigenvalue weighted by Crippen LogP contribution is 2.34. The summed E-state index contributed by atoms with van der Waals surface area (Å²) in [5.74, 6) is 0.816. The van der Waals surface area contributed by atoms with Crippen molar-refractivity contribution in [2.45, 2.75) is 52.5 Å². The Balaban J connectivity index is 0.00000182. The first-order chi connectivity index (χ1) is 11.8. The number of benzene rings is 1. The standard InChI is InChI=1S/C22H26N2.ClH/c1-16-17(2)24(15-18-9-5-3-6-10-18)22-20(16)13-14-23-21(22)19-11-7-4-8-12-19;/h4,7-8,11-14,18H,3,5-6,9-10,15H2,1-2H3;1H. The number of fused-ring (bicyclic) bond motifs is 1. The smallest absolute Gasteiger partial charge is 0.0944 e. The van der Waals surface area contributed by atoms with Crippen LogP contribution in [0.25, 0.3) is 22.2 Å². The summed E-state index contributed by atoms with van der Waals surface area (Å²) in [5, 5.41) is 1.36. The van der Waals surface area contributed by atoms with Gasteiger partial charge >= 0.3 is 0 Å². The van der Waals surface area contributed by atoms with Gasteiger partial charge in [0, 0.05) is 29.4 Å². The quantitative estimate of drug-likeness (QED) is 0.538. The summed E-state index contributed by atoms with van der Waals surface area (Å²) in [5.41, 5.74) is 6.47. The van der Waals surface area contributed by atoms with Crippen molar-refractivity contribution in [3.8, 4) is 11.3 Å². The minimum atomic E-state index is 0. The molecule has 25 heavy (non-hydrogen) atoms. The van der Waals surface area contributed by atoms with Gasteiger partial charge in [0.25, 0.3) is 0 Å². The van der Waals surface area contributed by atoms with Gasteiger partial charge in [-0.1, -0.05) is 49.6 Å². The lowest BCUT2D eigenvalue weighted by Gasteiger charge is -2.23. The molecule has 2 aromatic heterocycles. The monoisotopic (exact) mass is 354 g/mol. The van der Waals surface area contributed by atoms with E-state index in [0.29, 0.717) is 0 Å². The first-order valence-corrected chi connectivity index (χ1v) is 9.25. The summed E-state index contributed by atoms with van der Waals surface area (Å²) in [6.07, 6.45) is 8.91. The van der Waals surface area contributed by atoms with Gasteiger partial charge in [0.2, 0.25) is 0 Å². The van der Waals surface area contributed by atoms with E-state index in [9.17, 15) is 0 Å². The van der Waals surface area contributed by atoms with Crippen LogP contribution in [0, 0.1) is 19.8 Å². The molecule has 2 nitrogen and oxygen atoms in total. The van der Waals surface area contributed by atoms with Crippen LogP contribution in [0.1, 0.15) is 43.4 Å². The van der Waals surface area contributed by atoms with Crippen molar-refractivity contribution in [1.82, 2.24) is 9.55 Å². The summed E-state index contributed by atoms with van der Waals surface area (Å²) < 4.78 is 2.55. The van der Waals surface area contributed by atoms with Crippen LogP contribution >= 0.6 is 12.4 Å². The van der Waals surface area contributed by atoms with Crippen LogP contribution in [0.15, 0.2) is 42.6 Å². The maximum Gasteiger partial charge on any atom is 0.0944 e. The van der Waals surface area contributed by atoms with E-state index in [1.54, 1.807) is 0 Å². The third-order valence-corrected chi connectivity index (χ3v) is 5.76. The van der Waals surface area contributed by atoms with Gasteiger partial charge in [0.15, 0.2) is 0 Å². The molecule has 132 valence electrons. The molecule has 0 bridgehead atoms. The molecule has 0 N–H and O–H groups in total. The van der Waals surface area contributed by atoms with Gasteiger partial charge in [-0.05, 0) is 44.2 Å². The van der Waals surface area contributed by atoms with Crippen molar-refractivity contribution < 1.29 is 0 Å². The van der Waals surface area contributed by atoms with Gasteiger partial charge in [-0.25, -0.2) is 0 Å². The zero-order valence-electron chi connectivity index (χ0n) is 15.2. The van der Waals surface area contributed by atoms with Crippen LogP contribution in [0.3, 0.4) is 0 Å². The summed E-state index contributed by atoms with van der Waals surface area (Å²) in [6, 6.07) is 12.8. The molecule has 0 saturated heterocycles. The van der Waals surface area contributed by atoms with Crippen molar-refractivity contribution in [3.05, 3.63) is 53.9 Å². The fourth-order valence-electron chi connectivity index (χ4n) is 4.26. The number of hydrogen-bond acceptors (Lipinski definition) is 1. The molecule has 1 fully saturated rings. The predicted molar refractivity (Wildman–Crippen MR) is 108 cm³/mol. The summed E-state index contributed by atoms with van der Waals surface area (Å²) in [6.45, 7) is 5.67. The maximum atomic E-state index is 4.76. The molecule has 1 aliphatic rings. The summed E-state index contributed by atoms with van der Waals surface area (Å²) in [4.78, 5) is 4.76. The van der Waals surface area contributed by atoms with Gasteiger partial charge in [0.05, 0.1) is 11.2 Å². The molecule has 1 aromatic carbocycles. The lowest BCUT2D eigenvalue weighted by atomic mass is 9.89. The van der Waals surface area contributed by atoms with Crippen molar-refractivity contribution in [1.29, 1.82) is 0 Å². The first-order valence-electron chi connectivity index (χ1n) is 9.25. The van der Waals surface area contributed by atoms with Gasteiger partial charge in [-0.3, -0.25) is 4.98 Å². The van der Waals surface area contributed by atoms with E-state index in [0.717, 1.165) is 18.2 Å². The van der Waals surface area contributed by atoms with Crippen molar-refractivity contribution in [2.24, 2.45) is 5.92 Å². The SMILES string of the molecule is Cc1c(C)n(CC2CCCCC2)c2c(-c3ccccc3)nccc12.Cl. The Bertz CT molecular complexity index is 845. The van der Waals surface area contributed by atoms with Crippen molar-refractivity contribution in [3.63, 3.8) is 0 Å². The number of rotatable bonds is 3. The molecule has 0 unspecified atom stereocenters. The predicted octanol–water partition coefficient (Wildman–Crippen LogP) is 6.32. The average molecular weight is 355 g/mol. The molecule has 4 rings (SSSR count). The zero-order chi connectivity index (χ0) is 16.5. The number of pyridine rings is 1. The van der Waals surface area contributed by atoms with E-state index in [1.807, 2.05) is 6.20 Å². The molecule has 3 heteroatoms. The Hall–Kier alpha value is -1.80. The molecule has 0 atom stereocenters.